The average Bonchev–Trinajstić information content (AvgIpc) is 2.77. The monoisotopic (exact) mass is 401 g/mol. The third kappa shape index (κ3) is 4.06. The number of hydrogen-bond donors (Lipinski definition) is 2. The highest BCUT2D eigenvalue weighted by molar-refractivity contribution is 7.80. The topological polar surface area (TPSA) is 58.4 Å². The molecule has 0 saturated carbocycles. The van der Waals surface area contributed by atoms with E-state index in [1.807, 2.05) is 91.0 Å². The lowest BCUT2D eigenvalue weighted by molar-refractivity contribution is -0.131. The molecule has 0 spiro atoms. The molecular weight excluding hydrogens is 378 g/mol. The molecule has 3 N–H and O–H groups in total. The van der Waals surface area contributed by atoms with Crippen LogP contribution in [0.25, 0.3) is 0 Å². The lowest BCUT2D eigenvalue weighted by Crippen LogP contribution is -2.54. The number of amides is 1. The minimum Gasteiger partial charge on any atom is -0.355 e. The van der Waals surface area contributed by atoms with Crippen molar-refractivity contribution in [3.63, 3.8) is 0 Å². The second-order valence-electron chi connectivity index (χ2n) is 7.17. The van der Waals surface area contributed by atoms with Crippen molar-refractivity contribution in [3.05, 3.63) is 108 Å². The molecule has 4 nitrogen and oxygen atoms in total. The van der Waals surface area contributed by atoms with Gasteiger partial charge in [0.2, 0.25) is 5.91 Å². The molecule has 5 heteroatoms. The van der Waals surface area contributed by atoms with E-state index in [-0.39, 0.29) is 18.0 Å². The number of hydrogen-bond acceptors (Lipinski definition) is 3. The van der Waals surface area contributed by atoms with Crippen LogP contribution >= 0.6 is 12.2 Å². The van der Waals surface area contributed by atoms with E-state index in [0.717, 1.165) is 16.7 Å². The van der Waals surface area contributed by atoms with E-state index >= 15 is 0 Å². The number of thiocarbonyl (C=S) groups is 1. The Labute approximate surface area is 176 Å². The molecule has 1 aliphatic rings. The normalized spacial score (nSPS) is 18.8. The molecule has 29 heavy (non-hydrogen) atoms. The molecule has 3 aromatic rings. The van der Waals surface area contributed by atoms with Gasteiger partial charge in [-0.15, -0.1) is 0 Å². The van der Waals surface area contributed by atoms with Gasteiger partial charge in [0, 0.05) is 0 Å². The fourth-order valence-corrected chi connectivity index (χ4v) is 4.21. The van der Waals surface area contributed by atoms with Crippen molar-refractivity contribution in [3.8, 4) is 0 Å². The molecule has 0 unspecified atom stereocenters. The Morgan fingerprint density at radius 2 is 1.38 bits per heavy atom. The van der Waals surface area contributed by atoms with E-state index in [2.05, 4.69) is 5.32 Å². The lowest BCUT2D eigenvalue weighted by atomic mass is 9.91. The van der Waals surface area contributed by atoms with Crippen LogP contribution in [0.15, 0.2) is 91.0 Å². The summed E-state index contributed by atoms with van der Waals surface area (Å²) in [5, 5.41) is 3.76. The molecule has 0 bridgehead atoms. The molecule has 1 aliphatic heterocycles. The number of nitrogens with one attached hydrogen (secondary N) is 1. The Kier molecular flexibility index (Phi) is 5.69. The van der Waals surface area contributed by atoms with Gasteiger partial charge in [-0.2, -0.15) is 0 Å². The molecule has 3 aromatic carbocycles. The quantitative estimate of drug-likeness (QED) is 0.627. The van der Waals surface area contributed by atoms with Crippen LogP contribution in [0.3, 0.4) is 0 Å². The average molecular weight is 402 g/mol. The Morgan fingerprint density at radius 3 is 1.93 bits per heavy atom. The van der Waals surface area contributed by atoms with Crippen LogP contribution in [0.2, 0.25) is 0 Å². The number of carbonyl (C=O) groups is 1. The van der Waals surface area contributed by atoms with Crippen LogP contribution < -0.4 is 11.1 Å². The van der Waals surface area contributed by atoms with Crippen LogP contribution in [0.5, 0.6) is 0 Å². The van der Waals surface area contributed by atoms with Gasteiger partial charge in [-0.05, 0) is 28.9 Å². The van der Waals surface area contributed by atoms with Crippen LogP contribution in [-0.4, -0.2) is 15.9 Å². The van der Waals surface area contributed by atoms with Gasteiger partial charge in [-0.1, -0.05) is 91.0 Å². The third-order valence-electron chi connectivity index (χ3n) is 5.31. The van der Waals surface area contributed by atoms with Crippen molar-refractivity contribution in [2.24, 2.45) is 5.73 Å². The van der Waals surface area contributed by atoms with E-state index < -0.39 is 6.04 Å². The van der Waals surface area contributed by atoms with Crippen LogP contribution in [0.4, 0.5) is 0 Å². The zero-order valence-electron chi connectivity index (χ0n) is 15.9. The maximum absolute atomic E-state index is 13.3. The third-order valence-corrected chi connectivity index (χ3v) is 5.62. The fourth-order valence-electron chi connectivity index (χ4n) is 3.85. The maximum Gasteiger partial charge on any atom is 0.231 e. The molecule has 1 saturated heterocycles. The molecule has 1 amide bonds. The second-order valence-corrected chi connectivity index (χ2v) is 7.56. The zero-order chi connectivity index (χ0) is 20.2. The largest absolute Gasteiger partial charge is 0.355 e. The van der Waals surface area contributed by atoms with Crippen LogP contribution in [-0.2, 0) is 4.79 Å². The molecule has 146 valence electrons. The molecule has 1 fully saturated rings. The van der Waals surface area contributed by atoms with E-state index in [1.54, 1.807) is 4.90 Å². The summed E-state index contributed by atoms with van der Waals surface area (Å²) in [6.07, 6.45) is 0.328. The number of rotatable bonds is 5. The number of carbonyl (C=O) groups excluding carboxylic acids is 1. The van der Waals surface area contributed by atoms with Crippen molar-refractivity contribution < 1.29 is 4.79 Å². The van der Waals surface area contributed by atoms with Gasteiger partial charge in [0.1, 0.15) is 0 Å². The van der Waals surface area contributed by atoms with E-state index in [1.165, 1.54) is 0 Å². The van der Waals surface area contributed by atoms with E-state index in [9.17, 15) is 4.79 Å². The molecule has 0 aromatic heterocycles. The minimum absolute atomic E-state index is 0.0252. The summed E-state index contributed by atoms with van der Waals surface area (Å²) in [4.78, 5) is 14.9. The van der Waals surface area contributed by atoms with Crippen molar-refractivity contribution in [1.29, 1.82) is 0 Å². The summed E-state index contributed by atoms with van der Waals surface area (Å²) >= 11 is 5.67. The standard InChI is InChI=1S/C24H23N3OS/c25-22(18-12-6-2-7-13-18)23(19-14-8-3-9-15-19)27-21(28)16-20(26-24(27)29)17-10-4-1-5-11-17/h1-15,20,22-23H,16,25H2,(H,26,29)/t20-,22-,23-/m0/s1. The minimum atomic E-state index is -0.407. The van der Waals surface area contributed by atoms with Crippen molar-refractivity contribution in [2.75, 3.05) is 0 Å². The van der Waals surface area contributed by atoms with Gasteiger partial charge in [0.15, 0.2) is 5.11 Å². The fraction of sp³-hybridized carbons (Fsp3) is 0.167. The first-order chi connectivity index (χ1) is 14.1. The zero-order valence-corrected chi connectivity index (χ0v) is 16.8. The maximum atomic E-state index is 13.3. The molecule has 1 heterocycles. The molecule has 4 rings (SSSR count). The van der Waals surface area contributed by atoms with Crippen molar-refractivity contribution >= 4 is 23.2 Å². The summed E-state index contributed by atoms with van der Waals surface area (Å²) in [6, 6.07) is 28.7. The molecular formula is C24H23N3OS. The first-order valence-corrected chi connectivity index (χ1v) is 10.1. The highest BCUT2D eigenvalue weighted by atomic mass is 32.1. The van der Waals surface area contributed by atoms with Gasteiger partial charge < -0.3 is 11.1 Å². The number of nitrogens with two attached hydrogens (primary N) is 1. The van der Waals surface area contributed by atoms with Crippen molar-refractivity contribution in [2.45, 2.75) is 24.5 Å². The highest BCUT2D eigenvalue weighted by Crippen LogP contribution is 2.36. The Bertz CT molecular complexity index is 961. The summed E-state index contributed by atoms with van der Waals surface area (Å²) in [6.45, 7) is 0. The summed E-state index contributed by atoms with van der Waals surface area (Å²) < 4.78 is 0. The predicted octanol–water partition coefficient (Wildman–Crippen LogP) is 4.28. The van der Waals surface area contributed by atoms with Gasteiger partial charge in [0.05, 0.1) is 24.5 Å². The SMILES string of the molecule is N[C@@H](c1ccccc1)[C@H](c1ccccc1)N1C(=O)C[C@@H](c2ccccc2)NC1=S. The van der Waals surface area contributed by atoms with Crippen LogP contribution in [0, 0.1) is 0 Å². The summed E-state index contributed by atoms with van der Waals surface area (Å²) in [7, 11) is 0. The first-order valence-electron chi connectivity index (χ1n) is 9.68. The number of nitrogens with zero attached hydrogens (tertiary/aromatic N) is 1. The predicted molar refractivity (Wildman–Crippen MR) is 119 cm³/mol. The second kappa shape index (κ2) is 8.55. The molecule has 0 aliphatic carbocycles. The lowest BCUT2D eigenvalue weighted by Gasteiger charge is -2.41. The van der Waals surface area contributed by atoms with E-state index in [4.69, 9.17) is 18.0 Å². The molecule has 3 atom stereocenters. The molecule has 0 radical (unpaired) electrons. The summed E-state index contributed by atoms with van der Waals surface area (Å²) in [5.41, 5.74) is 9.66. The van der Waals surface area contributed by atoms with Gasteiger partial charge in [-0.25, -0.2) is 0 Å². The first kappa shape index (κ1) is 19.3. The Hall–Kier alpha value is -3.02. The smallest absolute Gasteiger partial charge is 0.231 e. The van der Waals surface area contributed by atoms with Crippen molar-refractivity contribution in [1.82, 2.24) is 10.2 Å². The van der Waals surface area contributed by atoms with Gasteiger partial charge in [-0.3, -0.25) is 9.69 Å². The Balaban J connectivity index is 1.68. The Morgan fingerprint density at radius 1 is 0.862 bits per heavy atom. The van der Waals surface area contributed by atoms with Gasteiger partial charge >= 0.3 is 0 Å². The summed E-state index contributed by atoms with van der Waals surface area (Å²) in [5.74, 6) is -0.0252. The highest BCUT2D eigenvalue weighted by Gasteiger charge is 2.38. The van der Waals surface area contributed by atoms with Gasteiger partial charge in [0.25, 0.3) is 0 Å². The van der Waals surface area contributed by atoms with Crippen LogP contribution in [0.1, 0.15) is 41.2 Å². The number of benzene rings is 3. The van der Waals surface area contributed by atoms with E-state index in [0.29, 0.717) is 11.5 Å².